The monoisotopic (exact) mass is 342 g/mol. The number of aliphatic carboxylic acids is 1. The van der Waals surface area contributed by atoms with Gasteiger partial charge in [-0.3, -0.25) is 9.59 Å². The summed E-state index contributed by atoms with van der Waals surface area (Å²) < 4.78 is 11.2. The Morgan fingerprint density at radius 2 is 1.54 bits per heavy atom. The molecule has 0 aromatic carbocycles. The minimum atomic E-state index is -1.02. The van der Waals surface area contributed by atoms with Crippen molar-refractivity contribution in [2.75, 3.05) is 13.2 Å². The van der Waals surface area contributed by atoms with Gasteiger partial charge in [-0.05, 0) is 32.1 Å². The first-order valence-electron chi connectivity index (χ1n) is 9.65. The van der Waals surface area contributed by atoms with Crippen LogP contribution in [-0.2, 0) is 19.1 Å². The van der Waals surface area contributed by atoms with Crippen LogP contribution in [0.15, 0.2) is 0 Å². The Bertz CT molecular complexity index is 337. The van der Waals surface area contributed by atoms with Crippen molar-refractivity contribution in [3.8, 4) is 0 Å². The number of unbranched alkanes of at least 4 members (excludes halogenated alkanes) is 8. The van der Waals surface area contributed by atoms with Crippen LogP contribution in [0.25, 0.3) is 0 Å². The van der Waals surface area contributed by atoms with Crippen molar-refractivity contribution in [1.29, 1.82) is 0 Å². The molecule has 140 valence electrons. The summed E-state index contributed by atoms with van der Waals surface area (Å²) in [7, 11) is 0. The second-order valence-electron chi connectivity index (χ2n) is 6.71. The van der Waals surface area contributed by atoms with Gasteiger partial charge in [-0.2, -0.15) is 0 Å². The van der Waals surface area contributed by atoms with E-state index in [1.807, 2.05) is 0 Å². The topological polar surface area (TPSA) is 72.8 Å². The van der Waals surface area contributed by atoms with Crippen LogP contribution in [0, 0.1) is 0 Å². The maximum atomic E-state index is 11.2. The standard InChI is InChI=1S/C19H34O5/c20-17(16-18(21)22)12-8-6-4-2-1-3-5-7-10-14-23-19-13-9-11-15-24-19/h19H,1-16H2,(H,21,22). The fourth-order valence-corrected chi connectivity index (χ4v) is 2.98. The summed E-state index contributed by atoms with van der Waals surface area (Å²) in [5.41, 5.74) is 0. The van der Waals surface area contributed by atoms with Crippen molar-refractivity contribution in [2.45, 2.75) is 96.2 Å². The van der Waals surface area contributed by atoms with E-state index in [1.165, 1.54) is 44.9 Å². The molecule has 1 aliphatic heterocycles. The van der Waals surface area contributed by atoms with Gasteiger partial charge in [0.15, 0.2) is 6.29 Å². The molecule has 0 bridgehead atoms. The maximum Gasteiger partial charge on any atom is 0.310 e. The van der Waals surface area contributed by atoms with Gasteiger partial charge in [-0.25, -0.2) is 0 Å². The lowest BCUT2D eigenvalue weighted by molar-refractivity contribution is -0.162. The number of hydrogen-bond donors (Lipinski definition) is 1. The molecular weight excluding hydrogens is 308 g/mol. The largest absolute Gasteiger partial charge is 0.481 e. The van der Waals surface area contributed by atoms with Gasteiger partial charge in [0, 0.05) is 19.6 Å². The number of carboxylic acids is 1. The van der Waals surface area contributed by atoms with Crippen molar-refractivity contribution in [3.63, 3.8) is 0 Å². The van der Waals surface area contributed by atoms with E-state index in [0.29, 0.717) is 6.42 Å². The third kappa shape index (κ3) is 12.5. The zero-order valence-electron chi connectivity index (χ0n) is 15.0. The SMILES string of the molecule is O=C(O)CC(=O)CCCCCCCCCCCOC1CCCCO1. The van der Waals surface area contributed by atoms with Crippen LogP contribution in [0.4, 0.5) is 0 Å². The van der Waals surface area contributed by atoms with Crippen LogP contribution in [0.1, 0.15) is 89.9 Å². The van der Waals surface area contributed by atoms with Crippen LogP contribution in [0.5, 0.6) is 0 Å². The zero-order valence-corrected chi connectivity index (χ0v) is 15.0. The normalized spacial score (nSPS) is 17.8. The molecule has 5 heteroatoms. The van der Waals surface area contributed by atoms with E-state index >= 15 is 0 Å². The molecule has 0 aromatic rings. The molecule has 0 amide bonds. The quantitative estimate of drug-likeness (QED) is 0.351. The zero-order chi connectivity index (χ0) is 17.5. The predicted octanol–water partition coefficient (Wildman–Crippen LogP) is 4.47. The average Bonchev–Trinajstić information content (AvgIpc) is 2.56. The highest BCUT2D eigenvalue weighted by molar-refractivity contribution is 5.94. The molecule has 0 saturated carbocycles. The molecule has 1 heterocycles. The maximum absolute atomic E-state index is 11.2. The van der Waals surface area contributed by atoms with Crippen LogP contribution in [0.3, 0.4) is 0 Å². The molecule has 0 radical (unpaired) electrons. The highest BCUT2D eigenvalue weighted by Crippen LogP contribution is 2.15. The Hall–Kier alpha value is -0.940. The number of ketones is 1. The van der Waals surface area contributed by atoms with Gasteiger partial charge in [0.05, 0.1) is 0 Å². The minimum Gasteiger partial charge on any atom is -0.481 e. The van der Waals surface area contributed by atoms with Crippen LogP contribution >= 0.6 is 0 Å². The van der Waals surface area contributed by atoms with Crippen molar-refractivity contribution in [1.82, 2.24) is 0 Å². The molecule has 1 fully saturated rings. The third-order valence-corrected chi connectivity index (χ3v) is 4.39. The van der Waals surface area contributed by atoms with E-state index in [0.717, 1.165) is 45.3 Å². The van der Waals surface area contributed by atoms with E-state index in [4.69, 9.17) is 14.6 Å². The summed E-state index contributed by atoms with van der Waals surface area (Å²) in [5, 5.41) is 8.49. The molecule has 1 aliphatic rings. The third-order valence-electron chi connectivity index (χ3n) is 4.39. The number of hydrogen-bond acceptors (Lipinski definition) is 4. The molecule has 0 aliphatic carbocycles. The second-order valence-corrected chi connectivity index (χ2v) is 6.71. The molecule has 1 saturated heterocycles. The molecule has 1 rings (SSSR count). The molecule has 0 spiro atoms. The number of ether oxygens (including phenoxy) is 2. The van der Waals surface area contributed by atoms with Crippen LogP contribution in [-0.4, -0.2) is 36.4 Å². The van der Waals surface area contributed by atoms with Crippen molar-refractivity contribution in [2.24, 2.45) is 0 Å². The van der Waals surface area contributed by atoms with E-state index < -0.39 is 5.97 Å². The number of rotatable bonds is 15. The summed E-state index contributed by atoms with van der Waals surface area (Å²) in [6, 6.07) is 0. The summed E-state index contributed by atoms with van der Waals surface area (Å²) in [5.74, 6) is -1.17. The Morgan fingerprint density at radius 3 is 2.12 bits per heavy atom. The van der Waals surface area contributed by atoms with Crippen LogP contribution < -0.4 is 0 Å². The summed E-state index contributed by atoms with van der Waals surface area (Å²) in [6.45, 7) is 1.66. The number of carbonyl (C=O) groups excluding carboxylic acids is 1. The van der Waals surface area contributed by atoms with Crippen molar-refractivity contribution < 1.29 is 24.2 Å². The first-order valence-corrected chi connectivity index (χ1v) is 9.65. The summed E-state index contributed by atoms with van der Waals surface area (Å²) >= 11 is 0. The first-order chi connectivity index (χ1) is 11.7. The summed E-state index contributed by atoms with van der Waals surface area (Å²) in [4.78, 5) is 21.6. The molecular formula is C19H34O5. The van der Waals surface area contributed by atoms with Gasteiger partial charge in [-0.1, -0.05) is 44.9 Å². The van der Waals surface area contributed by atoms with Crippen molar-refractivity contribution in [3.05, 3.63) is 0 Å². The number of Topliss-reactive ketones (excluding diaryl/α,β-unsaturated/α-hetero) is 1. The molecule has 5 nitrogen and oxygen atoms in total. The van der Waals surface area contributed by atoms with E-state index in [2.05, 4.69) is 0 Å². The van der Waals surface area contributed by atoms with Crippen molar-refractivity contribution >= 4 is 11.8 Å². The van der Waals surface area contributed by atoms with Gasteiger partial charge >= 0.3 is 5.97 Å². The smallest absolute Gasteiger partial charge is 0.310 e. The Morgan fingerprint density at radius 1 is 0.917 bits per heavy atom. The lowest BCUT2D eigenvalue weighted by Gasteiger charge is -2.22. The van der Waals surface area contributed by atoms with Gasteiger partial charge < -0.3 is 14.6 Å². The second kappa shape index (κ2) is 14.4. The average molecular weight is 342 g/mol. The lowest BCUT2D eigenvalue weighted by Crippen LogP contribution is -2.22. The van der Waals surface area contributed by atoms with Gasteiger partial charge in [0.2, 0.25) is 0 Å². The molecule has 1 unspecified atom stereocenters. The van der Waals surface area contributed by atoms with E-state index in [9.17, 15) is 9.59 Å². The Labute approximate surface area is 146 Å². The van der Waals surface area contributed by atoms with Crippen LogP contribution in [0.2, 0.25) is 0 Å². The summed E-state index contributed by atoms with van der Waals surface area (Å²) in [6.07, 6.45) is 13.9. The van der Waals surface area contributed by atoms with Gasteiger partial charge in [-0.15, -0.1) is 0 Å². The van der Waals surface area contributed by atoms with Gasteiger partial charge in [0.1, 0.15) is 12.2 Å². The van der Waals surface area contributed by atoms with Gasteiger partial charge in [0.25, 0.3) is 0 Å². The van der Waals surface area contributed by atoms with E-state index in [-0.39, 0.29) is 18.5 Å². The highest BCUT2D eigenvalue weighted by Gasteiger charge is 2.13. The van der Waals surface area contributed by atoms with E-state index in [1.54, 1.807) is 0 Å². The Balaban J connectivity index is 1.74. The predicted molar refractivity (Wildman–Crippen MR) is 93.0 cm³/mol. The number of carboxylic acid groups (broad SMARTS) is 1. The molecule has 24 heavy (non-hydrogen) atoms. The highest BCUT2D eigenvalue weighted by atomic mass is 16.7. The number of carbonyl (C=O) groups is 2. The Kier molecular flexibility index (Phi) is 12.7. The molecule has 0 aromatic heterocycles. The minimum absolute atomic E-state index is 0.0427. The fraction of sp³-hybridized carbons (Fsp3) is 0.895. The molecule has 1 atom stereocenters. The lowest BCUT2D eigenvalue weighted by atomic mass is 10.0. The fourth-order valence-electron chi connectivity index (χ4n) is 2.98. The molecule has 1 N–H and O–H groups in total. The first kappa shape index (κ1) is 21.1.